The molecule has 0 aliphatic rings. The molecule has 3 nitrogen and oxygen atoms in total. The summed E-state index contributed by atoms with van der Waals surface area (Å²) in [6.07, 6.45) is 1.57. The summed E-state index contributed by atoms with van der Waals surface area (Å²) in [5.41, 5.74) is 4.30. The van der Waals surface area contributed by atoms with E-state index in [-0.39, 0.29) is 5.82 Å². The first-order chi connectivity index (χ1) is 9.60. The highest BCUT2D eigenvalue weighted by Crippen LogP contribution is 2.13. The van der Waals surface area contributed by atoms with Gasteiger partial charge in [0.05, 0.1) is 0 Å². The van der Waals surface area contributed by atoms with Crippen molar-refractivity contribution in [2.75, 3.05) is 13.6 Å². The zero-order valence-corrected chi connectivity index (χ0v) is 12.2. The minimum Gasteiger partial charge on any atom is -0.319 e. The van der Waals surface area contributed by atoms with Crippen molar-refractivity contribution in [2.24, 2.45) is 0 Å². The van der Waals surface area contributed by atoms with Gasteiger partial charge in [-0.25, -0.2) is 14.4 Å². The van der Waals surface area contributed by atoms with Crippen LogP contribution >= 0.6 is 0 Å². The lowest BCUT2D eigenvalue weighted by Crippen LogP contribution is -2.14. The second-order valence-electron chi connectivity index (χ2n) is 4.95. The summed E-state index contributed by atoms with van der Waals surface area (Å²) in [5, 5.41) is 3.14. The summed E-state index contributed by atoms with van der Waals surface area (Å²) in [6.45, 7) is 4.96. The van der Waals surface area contributed by atoms with Crippen molar-refractivity contribution in [3.63, 3.8) is 0 Å². The molecule has 0 spiro atoms. The van der Waals surface area contributed by atoms with E-state index in [1.54, 1.807) is 12.1 Å². The fourth-order valence-corrected chi connectivity index (χ4v) is 2.28. The Morgan fingerprint density at radius 3 is 2.20 bits per heavy atom. The molecular weight excluding hydrogens is 253 g/mol. The lowest BCUT2D eigenvalue weighted by Gasteiger charge is -2.11. The number of halogens is 1. The maximum atomic E-state index is 12.9. The van der Waals surface area contributed by atoms with Crippen LogP contribution in [0.1, 0.15) is 28.3 Å². The molecule has 0 bridgehead atoms. The largest absolute Gasteiger partial charge is 0.319 e. The van der Waals surface area contributed by atoms with Crippen molar-refractivity contribution in [3.8, 4) is 0 Å². The lowest BCUT2D eigenvalue weighted by atomic mass is 10.1. The molecule has 1 heterocycles. The van der Waals surface area contributed by atoms with Crippen LogP contribution < -0.4 is 5.32 Å². The van der Waals surface area contributed by atoms with Gasteiger partial charge in [-0.1, -0.05) is 12.1 Å². The van der Waals surface area contributed by atoms with E-state index < -0.39 is 0 Å². The van der Waals surface area contributed by atoms with Crippen molar-refractivity contribution in [3.05, 3.63) is 58.4 Å². The van der Waals surface area contributed by atoms with Crippen LogP contribution in [0.15, 0.2) is 24.3 Å². The zero-order chi connectivity index (χ0) is 14.5. The predicted molar refractivity (Wildman–Crippen MR) is 78.3 cm³/mol. The number of rotatable bonds is 5. The number of nitrogens with one attached hydrogen (secondary N) is 1. The first kappa shape index (κ1) is 14.6. The van der Waals surface area contributed by atoms with Crippen LogP contribution in [0.4, 0.5) is 4.39 Å². The first-order valence-corrected chi connectivity index (χ1v) is 6.82. The highest BCUT2D eigenvalue weighted by Gasteiger charge is 2.08. The average Bonchev–Trinajstić information content (AvgIpc) is 2.41. The summed E-state index contributed by atoms with van der Waals surface area (Å²) in [6, 6.07) is 6.49. The summed E-state index contributed by atoms with van der Waals surface area (Å²) >= 11 is 0. The molecule has 20 heavy (non-hydrogen) atoms. The van der Waals surface area contributed by atoms with Gasteiger partial charge in [-0.3, -0.25) is 0 Å². The summed E-state index contributed by atoms with van der Waals surface area (Å²) in [7, 11) is 1.94. The number of hydrogen-bond donors (Lipinski definition) is 1. The first-order valence-electron chi connectivity index (χ1n) is 6.82. The lowest BCUT2D eigenvalue weighted by molar-refractivity contribution is 0.627. The minimum atomic E-state index is -0.218. The summed E-state index contributed by atoms with van der Waals surface area (Å²) in [4.78, 5) is 9.14. The van der Waals surface area contributed by atoms with E-state index in [2.05, 4.69) is 15.3 Å². The Morgan fingerprint density at radius 2 is 1.65 bits per heavy atom. The molecule has 2 rings (SSSR count). The fraction of sp³-hybridized carbons (Fsp3) is 0.375. The van der Waals surface area contributed by atoms with E-state index >= 15 is 0 Å². The molecule has 0 atom stereocenters. The molecule has 1 aromatic carbocycles. The molecule has 0 aliphatic heterocycles. The van der Waals surface area contributed by atoms with Crippen molar-refractivity contribution in [1.29, 1.82) is 0 Å². The topological polar surface area (TPSA) is 37.8 Å². The molecule has 0 aliphatic carbocycles. The highest BCUT2D eigenvalue weighted by atomic mass is 19.1. The summed E-state index contributed by atoms with van der Waals surface area (Å²) < 4.78 is 12.9. The molecule has 0 saturated carbocycles. The number of aryl methyl sites for hydroxylation is 2. The molecule has 0 unspecified atom stereocenters. The third kappa shape index (κ3) is 3.61. The van der Waals surface area contributed by atoms with Gasteiger partial charge in [-0.15, -0.1) is 0 Å². The van der Waals surface area contributed by atoms with Gasteiger partial charge in [0.15, 0.2) is 0 Å². The van der Waals surface area contributed by atoms with E-state index in [1.807, 2.05) is 20.9 Å². The van der Waals surface area contributed by atoms with Crippen LogP contribution in [-0.2, 0) is 12.8 Å². The monoisotopic (exact) mass is 273 g/mol. The van der Waals surface area contributed by atoms with E-state index in [0.717, 1.165) is 35.7 Å². The van der Waals surface area contributed by atoms with Crippen LogP contribution in [0, 0.1) is 19.7 Å². The minimum absolute atomic E-state index is 0.218. The van der Waals surface area contributed by atoms with Crippen molar-refractivity contribution in [2.45, 2.75) is 26.7 Å². The molecule has 0 saturated heterocycles. The smallest absolute Gasteiger partial charge is 0.133 e. The van der Waals surface area contributed by atoms with Crippen molar-refractivity contribution < 1.29 is 4.39 Å². The number of nitrogens with zero attached hydrogens (tertiary/aromatic N) is 2. The highest BCUT2D eigenvalue weighted by molar-refractivity contribution is 5.27. The van der Waals surface area contributed by atoms with Gasteiger partial charge in [0.2, 0.25) is 0 Å². The Morgan fingerprint density at radius 1 is 1.05 bits per heavy atom. The zero-order valence-electron chi connectivity index (χ0n) is 12.2. The van der Waals surface area contributed by atoms with Gasteiger partial charge >= 0.3 is 0 Å². The van der Waals surface area contributed by atoms with Crippen LogP contribution in [-0.4, -0.2) is 23.6 Å². The number of likely N-dealkylation sites (N-methyl/N-ethyl adjacent to an activating group) is 1. The van der Waals surface area contributed by atoms with E-state index in [9.17, 15) is 4.39 Å². The molecular formula is C16H20FN3. The van der Waals surface area contributed by atoms with Gasteiger partial charge in [0.25, 0.3) is 0 Å². The van der Waals surface area contributed by atoms with Crippen LogP contribution in [0.5, 0.6) is 0 Å². The number of benzene rings is 1. The Balaban J connectivity index is 2.19. The maximum Gasteiger partial charge on any atom is 0.133 e. The molecule has 1 N–H and O–H groups in total. The molecule has 1 aromatic heterocycles. The van der Waals surface area contributed by atoms with Crippen molar-refractivity contribution in [1.82, 2.24) is 15.3 Å². The Hall–Kier alpha value is -1.81. The van der Waals surface area contributed by atoms with Crippen LogP contribution in [0.3, 0.4) is 0 Å². The number of hydrogen-bond acceptors (Lipinski definition) is 3. The van der Waals surface area contributed by atoms with Crippen molar-refractivity contribution >= 4 is 0 Å². The average molecular weight is 273 g/mol. The third-order valence-corrected chi connectivity index (χ3v) is 3.37. The van der Waals surface area contributed by atoms with Crippen LogP contribution in [0.25, 0.3) is 0 Å². The van der Waals surface area contributed by atoms with Gasteiger partial charge in [-0.05, 0) is 57.1 Å². The molecule has 2 aromatic rings. The second kappa shape index (κ2) is 6.57. The molecule has 4 heteroatoms. The molecule has 0 radical (unpaired) electrons. The van der Waals surface area contributed by atoms with E-state index in [0.29, 0.717) is 6.42 Å². The van der Waals surface area contributed by atoms with Gasteiger partial charge in [0.1, 0.15) is 11.6 Å². The predicted octanol–water partition coefficient (Wildman–Crippen LogP) is 2.59. The summed E-state index contributed by atoms with van der Waals surface area (Å²) in [5.74, 6) is 0.573. The Kier molecular flexibility index (Phi) is 4.79. The Labute approximate surface area is 119 Å². The fourth-order valence-electron chi connectivity index (χ4n) is 2.28. The van der Waals surface area contributed by atoms with Gasteiger partial charge in [-0.2, -0.15) is 0 Å². The van der Waals surface area contributed by atoms with E-state index in [1.165, 1.54) is 17.7 Å². The van der Waals surface area contributed by atoms with E-state index in [4.69, 9.17) is 0 Å². The van der Waals surface area contributed by atoms with Crippen LogP contribution in [0.2, 0.25) is 0 Å². The molecule has 0 fully saturated rings. The second-order valence-corrected chi connectivity index (χ2v) is 4.95. The Bertz CT molecular complexity index is 556. The quantitative estimate of drug-likeness (QED) is 0.910. The normalized spacial score (nSPS) is 10.8. The molecule has 0 amide bonds. The number of aromatic nitrogens is 2. The SMILES string of the molecule is CNCCc1c(C)nc(Cc2ccc(F)cc2)nc1C. The maximum absolute atomic E-state index is 12.9. The molecule has 106 valence electrons. The third-order valence-electron chi connectivity index (χ3n) is 3.37. The van der Waals surface area contributed by atoms with Gasteiger partial charge < -0.3 is 5.32 Å². The standard InChI is InChI=1S/C16H20FN3/c1-11-15(8-9-18-3)12(2)20-16(19-11)10-13-4-6-14(17)7-5-13/h4-7,18H,8-10H2,1-3H3. The van der Waals surface area contributed by atoms with Gasteiger partial charge in [0, 0.05) is 17.8 Å².